The van der Waals surface area contributed by atoms with E-state index in [1.807, 2.05) is 6.07 Å². The third-order valence-electron chi connectivity index (χ3n) is 2.77. The SMILES string of the molecule is COC(=O)c1cccc(N2CC(CC#N)OC2=O)c1. The summed E-state index contributed by atoms with van der Waals surface area (Å²) in [5.74, 6) is -0.469. The van der Waals surface area contributed by atoms with E-state index in [0.29, 0.717) is 17.8 Å². The van der Waals surface area contributed by atoms with Gasteiger partial charge in [-0.25, -0.2) is 9.59 Å². The van der Waals surface area contributed by atoms with Crippen molar-refractivity contribution in [3.63, 3.8) is 0 Å². The highest BCUT2D eigenvalue weighted by Crippen LogP contribution is 2.23. The second-order valence-corrected chi connectivity index (χ2v) is 4.02. The van der Waals surface area contributed by atoms with E-state index in [9.17, 15) is 9.59 Å². The molecule has 1 fully saturated rings. The van der Waals surface area contributed by atoms with Crippen molar-refractivity contribution in [1.29, 1.82) is 5.26 Å². The number of nitrogens with zero attached hydrogens (tertiary/aromatic N) is 2. The largest absolute Gasteiger partial charge is 0.465 e. The zero-order chi connectivity index (χ0) is 13.8. The van der Waals surface area contributed by atoms with Crippen molar-refractivity contribution in [2.45, 2.75) is 12.5 Å². The Hall–Kier alpha value is -2.55. The van der Waals surface area contributed by atoms with Gasteiger partial charge in [-0.05, 0) is 18.2 Å². The summed E-state index contributed by atoms with van der Waals surface area (Å²) in [5, 5.41) is 8.60. The number of benzene rings is 1. The molecular formula is C13H12N2O4. The van der Waals surface area contributed by atoms with Gasteiger partial charge in [-0.2, -0.15) is 5.26 Å². The van der Waals surface area contributed by atoms with E-state index in [4.69, 9.17) is 10.00 Å². The molecule has 0 bridgehead atoms. The van der Waals surface area contributed by atoms with Gasteiger partial charge in [0, 0.05) is 5.69 Å². The van der Waals surface area contributed by atoms with E-state index in [1.165, 1.54) is 12.0 Å². The molecule has 1 amide bonds. The number of carbonyl (C=O) groups is 2. The standard InChI is InChI=1S/C13H12N2O4/c1-18-12(16)9-3-2-4-10(7-9)15-8-11(5-6-14)19-13(15)17/h2-4,7,11H,5,8H2,1H3. The van der Waals surface area contributed by atoms with Gasteiger partial charge >= 0.3 is 12.1 Å². The van der Waals surface area contributed by atoms with Gasteiger partial charge in [0.25, 0.3) is 0 Å². The number of methoxy groups -OCH3 is 1. The molecule has 1 atom stereocenters. The van der Waals surface area contributed by atoms with Gasteiger partial charge in [0.2, 0.25) is 0 Å². The molecule has 0 aromatic heterocycles. The maximum absolute atomic E-state index is 11.7. The molecule has 6 nitrogen and oxygen atoms in total. The van der Waals surface area contributed by atoms with Crippen molar-refractivity contribution in [3.8, 4) is 6.07 Å². The second kappa shape index (κ2) is 5.40. The molecule has 98 valence electrons. The van der Waals surface area contributed by atoms with Gasteiger partial charge in [-0.15, -0.1) is 0 Å². The number of amides is 1. The lowest BCUT2D eigenvalue weighted by molar-refractivity contribution is 0.0600. The van der Waals surface area contributed by atoms with Crippen molar-refractivity contribution in [1.82, 2.24) is 0 Å². The number of rotatable bonds is 3. The summed E-state index contributed by atoms with van der Waals surface area (Å²) in [7, 11) is 1.29. The topological polar surface area (TPSA) is 79.6 Å². The first kappa shape index (κ1) is 12.9. The number of hydrogen-bond donors (Lipinski definition) is 0. The molecule has 1 saturated heterocycles. The van der Waals surface area contributed by atoms with Gasteiger partial charge in [-0.3, -0.25) is 4.90 Å². The Labute approximate surface area is 110 Å². The molecule has 1 aliphatic heterocycles. The molecule has 0 aliphatic carbocycles. The Kier molecular flexibility index (Phi) is 3.66. The zero-order valence-corrected chi connectivity index (χ0v) is 10.3. The van der Waals surface area contributed by atoms with Crippen molar-refractivity contribution in [3.05, 3.63) is 29.8 Å². The van der Waals surface area contributed by atoms with Crippen LogP contribution in [0.1, 0.15) is 16.8 Å². The normalized spacial score (nSPS) is 17.8. The molecular weight excluding hydrogens is 248 g/mol. The summed E-state index contributed by atoms with van der Waals surface area (Å²) < 4.78 is 9.67. The first-order valence-electron chi connectivity index (χ1n) is 5.69. The fourth-order valence-electron chi connectivity index (χ4n) is 1.86. The molecule has 1 aromatic carbocycles. The van der Waals surface area contributed by atoms with Crippen molar-refractivity contribution in [2.75, 3.05) is 18.6 Å². The Bertz CT molecular complexity index is 550. The highest BCUT2D eigenvalue weighted by molar-refractivity contribution is 5.94. The third-order valence-corrected chi connectivity index (χ3v) is 2.77. The summed E-state index contributed by atoms with van der Waals surface area (Å²) in [6, 6.07) is 8.48. The van der Waals surface area contributed by atoms with Crippen LogP contribution in [-0.2, 0) is 9.47 Å². The minimum Gasteiger partial charge on any atom is -0.465 e. The van der Waals surface area contributed by atoms with Crippen LogP contribution in [0.2, 0.25) is 0 Å². The Morgan fingerprint density at radius 2 is 2.42 bits per heavy atom. The average Bonchev–Trinajstić information content (AvgIpc) is 2.79. The smallest absolute Gasteiger partial charge is 0.414 e. The van der Waals surface area contributed by atoms with Crippen LogP contribution in [0, 0.1) is 11.3 Å². The van der Waals surface area contributed by atoms with Gasteiger partial charge in [0.1, 0.15) is 6.10 Å². The van der Waals surface area contributed by atoms with Crippen LogP contribution in [0.5, 0.6) is 0 Å². The second-order valence-electron chi connectivity index (χ2n) is 4.02. The maximum atomic E-state index is 11.7. The van der Waals surface area contributed by atoms with E-state index in [-0.39, 0.29) is 6.42 Å². The Morgan fingerprint density at radius 1 is 1.63 bits per heavy atom. The van der Waals surface area contributed by atoms with Crippen molar-refractivity contribution >= 4 is 17.7 Å². The fraction of sp³-hybridized carbons (Fsp3) is 0.308. The van der Waals surface area contributed by atoms with Gasteiger partial charge in [-0.1, -0.05) is 6.07 Å². The summed E-state index contributed by atoms with van der Waals surface area (Å²) >= 11 is 0. The van der Waals surface area contributed by atoms with E-state index < -0.39 is 18.2 Å². The highest BCUT2D eigenvalue weighted by atomic mass is 16.6. The summed E-state index contributed by atoms with van der Waals surface area (Å²) in [5.41, 5.74) is 0.907. The number of carbonyl (C=O) groups excluding carboxylic acids is 2. The molecule has 1 aromatic rings. The quantitative estimate of drug-likeness (QED) is 0.773. The number of hydrogen-bond acceptors (Lipinski definition) is 5. The minimum atomic E-state index is -0.512. The van der Waals surface area contributed by atoms with Crippen LogP contribution in [0.25, 0.3) is 0 Å². The first-order chi connectivity index (χ1) is 9.15. The molecule has 2 rings (SSSR count). The Balaban J connectivity index is 2.21. The third kappa shape index (κ3) is 2.65. The fourth-order valence-corrected chi connectivity index (χ4v) is 1.86. The average molecular weight is 260 g/mol. The number of cyclic esters (lactones) is 1. The minimum absolute atomic E-state index is 0.152. The molecule has 1 aliphatic rings. The van der Waals surface area contributed by atoms with E-state index in [1.54, 1.807) is 24.3 Å². The van der Waals surface area contributed by atoms with Gasteiger partial charge < -0.3 is 9.47 Å². The monoisotopic (exact) mass is 260 g/mol. The number of nitriles is 1. The lowest BCUT2D eigenvalue weighted by atomic mass is 10.2. The van der Waals surface area contributed by atoms with Crippen LogP contribution in [-0.4, -0.2) is 31.8 Å². The molecule has 1 unspecified atom stereocenters. The summed E-state index contributed by atoms with van der Waals surface area (Å²) in [6.07, 6.45) is -0.791. The summed E-state index contributed by atoms with van der Waals surface area (Å²) in [4.78, 5) is 24.5. The lowest BCUT2D eigenvalue weighted by Crippen LogP contribution is -2.24. The predicted octanol–water partition coefficient (Wildman–Crippen LogP) is 1.71. The molecule has 0 N–H and O–H groups in total. The van der Waals surface area contributed by atoms with E-state index >= 15 is 0 Å². The summed E-state index contributed by atoms with van der Waals surface area (Å²) in [6.45, 7) is 0.303. The molecule has 0 spiro atoms. The number of esters is 1. The van der Waals surface area contributed by atoms with Crippen LogP contribution in [0.3, 0.4) is 0 Å². The number of anilines is 1. The van der Waals surface area contributed by atoms with Crippen molar-refractivity contribution in [2.24, 2.45) is 0 Å². The van der Waals surface area contributed by atoms with Gasteiger partial charge in [0.15, 0.2) is 0 Å². The molecule has 0 radical (unpaired) electrons. The van der Waals surface area contributed by atoms with Gasteiger partial charge in [0.05, 0.1) is 31.7 Å². The van der Waals surface area contributed by atoms with Crippen LogP contribution in [0.15, 0.2) is 24.3 Å². The molecule has 0 saturated carbocycles. The predicted molar refractivity (Wildman–Crippen MR) is 65.6 cm³/mol. The molecule has 1 heterocycles. The number of ether oxygens (including phenoxy) is 2. The van der Waals surface area contributed by atoms with Crippen LogP contribution in [0.4, 0.5) is 10.5 Å². The van der Waals surface area contributed by atoms with Crippen LogP contribution >= 0.6 is 0 Å². The van der Waals surface area contributed by atoms with Crippen LogP contribution < -0.4 is 4.90 Å². The maximum Gasteiger partial charge on any atom is 0.414 e. The zero-order valence-electron chi connectivity index (χ0n) is 10.3. The van der Waals surface area contributed by atoms with Crippen molar-refractivity contribution < 1.29 is 19.1 Å². The molecule has 19 heavy (non-hydrogen) atoms. The first-order valence-corrected chi connectivity index (χ1v) is 5.69. The molecule has 6 heteroatoms. The lowest BCUT2D eigenvalue weighted by Gasteiger charge is -2.13. The van der Waals surface area contributed by atoms with E-state index in [0.717, 1.165) is 0 Å². The van der Waals surface area contributed by atoms with E-state index in [2.05, 4.69) is 4.74 Å². The Morgan fingerprint density at radius 3 is 3.11 bits per heavy atom. The highest BCUT2D eigenvalue weighted by Gasteiger charge is 2.32.